The Hall–Kier alpha value is -3.15. The average molecular weight is 377 g/mol. The van der Waals surface area contributed by atoms with Gasteiger partial charge >= 0.3 is 5.63 Å². The highest BCUT2D eigenvalue weighted by molar-refractivity contribution is 5.96. The fourth-order valence-corrected chi connectivity index (χ4v) is 3.84. The molecule has 1 N–H and O–H groups in total. The van der Waals surface area contributed by atoms with Gasteiger partial charge in [0.2, 0.25) is 0 Å². The Labute approximate surface area is 163 Å². The maximum atomic E-state index is 13.1. The van der Waals surface area contributed by atoms with E-state index in [2.05, 4.69) is 41.4 Å². The van der Waals surface area contributed by atoms with Gasteiger partial charge in [-0.15, -0.1) is 0 Å². The number of rotatable bonds is 3. The molecule has 1 aromatic carbocycles. The summed E-state index contributed by atoms with van der Waals surface area (Å²) in [4.78, 5) is 26.5. The van der Waals surface area contributed by atoms with E-state index in [4.69, 9.17) is 4.42 Å². The summed E-state index contributed by atoms with van der Waals surface area (Å²) in [7, 11) is 0. The van der Waals surface area contributed by atoms with Crippen molar-refractivity contribution in [1.82, 2.24) is 15.1 Å². The predicted octanol–water partition coefficient (Wildman–Crippen LogP) is 3.41. The van der Waals surface area contributed by atoms with Crippen LogP contribution in [0.1, 0.15) is 45.4 Å². The molecule has 3 aromatic rings. The molecule has 0 spiro atoms. The van der Waals surface area contributed by atoms with Gasteiger partial charge in [-0.3, -0.25) is 9.89 Å². The first-order valence-electron chi connectivity index (χ1n) is 9.54. The van der Waals surface area contributed by atoms with Crippen LogP contribution >= 0.6 is 0 Å². The monoisotopic (exact) mass is 377 g/mol. The van der Waals surface area contributed by atoms with Crippen molar-refractivity contribution in [2.24, 2.45) is 0 Å². The second kappa shape index (κ2) is 7.11. The molecule has 1 amide bonds. The molecule has 0 aliphatic carbocycles. The third kappa shape index (κ3) is 3.15. The Bertz CT molecular complexity index is 1070. The Kier molecular flexibility index (Phi) is 4.63. The van der Waals surface area contributed by atoms with Crippen molar-refractivity contribution in [2.75, 3.05) is 6.54 Å². The molecule has 1 aliphatic rings. The zero-order valence-corrected chi connectivity index (χ0v) is 16.3. The third-order valence-electron chi connectivity index (χ3n) is 5.40. The average Bonchev–Trinajstić information content (AvgIpc) is 3.10. The van der Waals surface area contributed by atoms with E-state index in [-0.39, 0.29) is 5.91 Å². The molecule has 4 rings (SSSR count). The number of aryl methyl sites for hydroxylation is 3. The predicted molar refractivity (Wildman–Crippen MR) is 106 cm³/mol. The smallest absolute Gasteiger partial charge is 0.336 e. The lowest BCUT2D eigenvalue weighted by atomic mass is 9.99. The van der Waals surface area contributed by atoms with E-state index in [9.17, 15) is 9.59 Å². The largest absolute Gasteiger partial charge is 0.427 e. The molecule has 1 aliphatic heterocycles. The van der Waals surface area contributed by atoms with E-state index in [0.717, 1.165) is 35.4 Å². The van der Waals surface area contributed by atoms with Crippen molar-refractivity contribution in [2.45, 2.75) is 40.2 Å². The lowest BCUT2D eigenvalue weighted by molar-refractivity contribution is 0.0729. The molecule has 0 fully saturated rings. The maximum Gasteiger partial charge on any atom is 0.336 e. The molecule has 0 bridgehead atoms. The number of benzene rings is 1. The number of hydrogen-bond donors (Lipinski definition) is 1. The molecule has 3 heterocycles. The minimum Gasteiger partial charge on any atom is -0.427 e. The van der Waals surface area contributed by atoms with Gasteiger partial charge in [-0.2, -0.15) is 5.10 Å². The number of hydrogen-bond acceptors (Lipinski definition) is 4. The van der Waals surface area contributed by atoms with Gasteiger partial charge in [0.05, 0.1) is 11.3 Å². The molecule has 28 heavy (non-hydrogen) atoms. The van der Waals surface area contributed by atoms with Crippen LogP contribution in [0, 0.1) is 13.8 Å². The molecule has 2 aromatic heterocycles. The van der Waals surface area contributed by atoms with Crippen LogP contribution in [0.15, 0.2) is 39.5 Å². The van der Waals surface area contributed by atoms with Crippen molar-refractivity contribution in [3.8, 4) is 11.3 Å². The number of nitrogens with zero attached hydrogens (tertiary/aromatic N) is 2. The van der Waals surface area contributed by atoms with Gasteiger partial charge in [0.25, 0.3) is 5.91 Å². The van der Waals surface area contributed by atoms with E-state index in [1.54, 1.807) is 18.7 Å². The molecule has 0 saturated heterocycles. The normalized spacial score (nSPS) is 13.5. The lowest BCUT2D eigenvalue weighted by Gasteiger charge is -2.28. The van der Waals surface area contributed by atoms with Crippen LogP contribution in [0.5, 0.6) is 0 Å². The quantitative estimate of drug-likeness (QED) is 0.759. The van der Waals surface area contributed by atoms with Gasteiger partial charge < -0.3 is 9.32 Å². The number of aromatic amines is 1. The highest BCUT2D eigenvalue weighted by atomic mass is 16.4. The van der Waals surface area contributed by atoms with Gasteiger partial charge in [0.15, 0.2) is 0 Å². The summed E-state index contributed by atoms with van der Waals surface area (Å²) in [5, 5.41) is 7.65. The number of H-pyrrole nitrogens is 1. The molecule has 0 radical (unpaired) electrons. The van der Waals surface area contributed by atoms with Gasteiger partial charge in [-0.05, 0) is 31.4 Å². The molecule has 6 heteroatoms. The summed E-state index contributed by atoms with van der Waals surface area (Å²) in [5.74, 6) is 0.251. The van der Waals surface area contributed by atoms with Crippen LogP contribution < -0.4 is 5.63 Å². The molecule has 144 valence electrons. The molecule has 6 nitrogen and oxygen atoms in total. The first kappa shape index (κ1) is 18.2. The van der Waals surface area contributed by atoms with E-state index >= 15 is 0 Å². The number of fused-ring (bicyclic) bond motifs is 1. The molecular weight excluding hydrogens is 354 g/mol. The summed E-state index contributed by atoms with van der Waals surface area (Å²) in [6.07, 6.45) is 1.71. The van der Waals surface area contributed by atoms with Gasteiger partial charge in [0.1, 0.15) is 5.76 Å². The summed E-state index contributed by atoms with van der Waals surface area (Å²) in [5.41, 5.74) is 6.03. The van der Waals surface area contributed by atoms with Crippen molar-refractivity contribution >= 4 is 5.91 Å². The van der Waals surface area contributed by atoms with E-state index in [1.807, 2.05) is 0 Å². The standard InChI is InChI=1S/C22H23N3O3/c1-4-15-5-7-16(8-6-15)21-17-12-25(10-9-18(17)23-24-21)22(27)20-13(2)11-19(26)28-14(20)3/h5-8,11H,4,9-10,12H2,1-3H3,(H,23,24). The fourth-order valence-electron chi connectivity index (χ4n) is 3.84. The number of carbonyl (C=O) groups excluding carboxylic acids is 1. The first-order valence-corrected chi connectivity index (χ1v) is 9.54. The molecule has 0 unspecified atom stereocenters. The Balaban J connectivity index is 1.65. The Morgan fingerprint density at radius 2 is 2.00 bits per heavy atom. The van der Waals surface area contributed by atoms with Crippen LogP contribution in [-0.4, -0.2) is 27.5 Å². The van der Waals surface area contributed by atoms with Crippen molar-refractivity contribution < 1.29 is 9.21 Å². The van der Waals surface area contributed by atoms with E-state index in [1.165, 1.54) is 11.6 Å². The summed E-state index contributed by atoms with van der Waals surface area (Å²) >= 11 is 0. The molecule has 0 saturated carbocycles. The van der Waals surface area contributed by atoms with E-state index in [0.29, 0.717) is 30.0 Å². The van der Waals surface area contributed by atoms with Gasteiger partial charge in [-0.1, -0.05) is 31.2 Å². The second-order valence-corrected chi connectivity index (χ2v) is 7.24. The zero-order valence-electron chi connectivity index (χ0n) is 16.3. The van der Waals surface area contributed by atoms with Crippen LogP contribution in [0.3, 0.4) is 0 Å². The number of carbonyl (C=O) groups is 1. The van der Waals surface area contributed by atoms with Crippen LogP contribution in [0.4, 0.5) is 0 Å². The Morgan fingerprint density at radius 3 is 2.68 bits per heavy atom. The van der Waals surface area contributed by atoms with Crippen molar-refractivity contribution in [1.29, 1.82) is 0 Å². The second-order valence-electron chi connectivity index (χ2n) is 7.24. The summed E-state index contributed by atoms with van der Waals surface area (Å²) < 4.78 is 5.15. The SMILES string of the molecule is CCc1ccc(-c2n[nH]c3c2CN(C(=O)c2c(C)cc(=O)oc2C)CC3)cc1. The fraction of sp³-hybridized carbons (Fsp3) is 0.318. The van der Waals surface area contributed by atoms with Crippen molar-refractivity contribution in [3.05, 3.63) is 74.5 Å². The highest BCUT2D eigenvalue weighted by Crippen LogP contribution is 2.29. The minimum absolute atomic E-state index is 0.113. The van der Waals surface area contributed by atoms with Crippen LogP contribution in [0.2, 0.25) is 0 Å². The zero-order chi connectivity index (χ0) is 19.8. The number of amides is 1. The minimum atomic E-state index is -0.430. The van der Waals surface area contributed by atoms with E-state index < -0.39 is 5.63 Å². The van der Waals surface area contributed by atoms with Crippen LogP contribution in [-0.2, 0) is 19.4 Å². The maximum absolute atomic E-state index is 13.1. The van der Waals surface area contributed by atoms with Crippen molar-refractivity contribution in [3.63, 3.8) is 0 Å². The van der Waals surface area contributed by atoms with Gasteiger partial charge in [-0.25, -0.2) is 4.79 Å². The number of aromatic nitrogens is 2. The lowest BCUT2D eigenvalue weighted by Crippen LogP contribution is -2.37. The topological polar surface area (TPSA) is 79.2 Å². The molecule has 0 atom stereocenters. The highest BCUT2D eigenvalue weighted by Gasteiger charge is 2.28. The first-order chi connectivity index (χ1) is 13.5. The van der Waals surface area contributed by atoms with Crippen LogP contribution in [0.25, 0.3) is 11.3 Å². The summed E-state index contributed by atoms with van der Waals surface area (Å²) in [6.45, 7) is 6.64. The third-order valence-corrected chi connectivity index (χ3v) is 5.40. The van der Waals surface area contributed by atoms with Gasteiger partial charge in [0, 0.05) is 42.4 Å². The molecular formula is C22H23N3O3. The Morgan fingerprint density at radius 1 is 1.25 bits per heavy atom. The summed E-state index contributed by atoms with van der Waals surface area (Å²) in [6, 6.07) is 9.75. The number of nitrogens with one attached hydrogen (secondary N) is 1.